The largest absolute Gasteiger partial charge is 0.465 e. The summed E-state index contributed by atoms with van der Waals surface area (Å²) < 4.78 is 4.63. The van der Waals surface area contributed by atoms with E-state index in [1.165, 1.54) is 7.11 Å². The van der Waals surface area contributed by atoms with E-state index in [9.17, 15) is 24.4 Å². The number of nitrogens with zero attached hydrogens (tertiary/aromatic N) is 1. The number of esters is 1. The number of carbonyl (C=O) groups excluding carboxylic acids is 4. The molecule has 1 aromatic rings. The van der Waals surface area contributed by atoms with Crippen LogP contribution in [0, 0.1) is 5.92 Å². The van der Waals surface area contributed by atoms with Gasteiger partial charge in [0.25, 0.3) is 0 Å². The highest BCUT2D eigenvalue weighted by atomic mass is 16.5. The lowest BCUT2D eigenvalue weighted by Crippen LogP contribution is -2.40. The van der Waals surface area contributed by atoms with Crippen molar-refractivity contribution >= 4 is 24.1 Å². The molecule has 2 amide bonds. The number of ketones is 1. The number of rotatable bonds is 13. The van der Waals surface area contributed by atoms with Crippen LogP contribution in [0.2, 0.25) is 0 Å². The number of nitrogens with one attached hydrogen (secondary N) is 1. The highest BCUT2D eigenvalue weighted by Gasteiger charge is 2.21. The predicted octanol–water partition coefficient (Wildman–Crippen LogP) is 1.20. The quantitative estimate of drug-likeness (QED) is 0.193. The van der Waals surface area contributed by atoms with Crippen LogP contribution in [0.1, 0.15) is 54.6 Å². The molecule has 0 aliphatic carbocycles. The molecule has 0 radical (unpaired) electrons. The van der Waals surface area contributed by atoms with Crippen molar-refractivity contribution in [2.75, 3.05) is 20.2 Å². The number of hydrogen-bond acceptors (Lipinski definition) is 7. The summed E-state index contributed by atoms with van der Waals surface area (Å²) >= 11 is 0. The number of ether oxygens (including phenoxy) is 1. The zero-order chi connectivity index (χ0) is 21.8. The number of carbonyl (C=O) groups is 4. The van der Waals surface area contributed by atoms with E-state index in [-0.39, 0.29) is 31.7 Å². The SMILES string of the molecule is CCCCC(CN(O)C=O)C(=O)NCC(=O)CC(N)c1ccc(C(=O)OC)cc1. The standard InChI is InChI=1S/C20H29N3O6/c1-3-4-5-16(12-23(28)13-24)19(26)22-11-17(25)10-18(21)14-6-8-15(9-7-14)20(27)29-2/h6-9,13,16,18,28H,3-5,10-12,21H2,1-2H3,(H,22,26). The fourth-order valence-corrected chi connectivity index (χ4v) is 2.77. The first-order valence-corrected chi connectivity index (χ1v) is 9.46. The Morgan fingerprint density at radius 3 is 2.48 bits per heavy atom. The second-order valence-corrected chi connectivity index (χ2v) is 6.75. The van der Waals surface area contributed by atoms with Gasteiger partial charge in [-0.3, -0.25) is 19.6 Å². The molecule has 0 aliphatic rings. The normalized spacial score (nSPS) is 12.6. The summed E-state index contributed by atoms with van der Waals surface area (Å²) in [7, 11) is 1.29. The molecule has 9 nitrogen and oxygen atoms in total. The number of benzene rings is 1. The van der Waals surface area contributed by atoms with Crippen LogP contribution >= 0.6 is 0 Å². The van der Waals surface area contributed by atoms with Crippen LogP contribution in [-0.4, -0.2) is 54.5 Å². The van der Waals surface area contributed by atoms with Gasteiger partial charge in [0.2, 0.25) is 12.3 Å². The molecule has 9 heteroatoms. The first-order valence-electron chi connectivity index (χ1n) is 9.46. The molecule has 29 heavy (non-hydrogen) atoms. The Morgan fingerprint density at radius 1 is 1.28 bits per heavy atom. The van der Waals surface area contributed by atoms with E-state index in [4.69, 9.17) is 5.73 Å². The van der Waals surface area contributed by atoms with Crippen LogP contribution in [0.4, 0.5) is 0 Å². The molecule has 0 aliphatic heterocycles. The molecule has 4 N–H and O–H groups in total. The highest BCUT2D eigenvalue weighted by molar-refractivity contribution is 5.89. The maximum absolute atomic E-state index is 12.3. The second-order valence-electron chi connectivity index (χ2n) is 6.75. The van der Waals surface area contributed by atoms with E-state index < -0.39 is 23.8 Å². The molecule has 0 fully saturated rings. The first kappa shape index (κ1) is 24.3. The molecule has 2 unspecified atom stereocenters. The monoisotopic (exact) mass is 407 g/mol. The lowest BCUT2D eigenvalue weighted by molar-refractivity contribution is -0.154. The van der Waals surface area contributed by atoms with Gasteiger partial charge in [-0.25, -0.2) is 9.86 Å². The highest BCUT2D eigenvalue weighted by Crippen LogP contribution is 2.16. The number of Topliss-reactive ketones (excluding diaryl/α,β-unsaturated/α-hetero) is 1. The van der Waals surface area contributed by atoms with Gasteiger partial charge >= 0.3 is 5.97 Å². The lowest BCUT2D eigenvalue weighted by atomic mass is 9.99. The zero-order valence-electron chi connectivity index (χ0n) is 16.8. The maximum atomic E-state index is 12.3. The minimum atomic E-state index is -0.600. The first-order chi connectivity index (χ1) is 13.8. The van der Waals surface area contributed by atoms with E-state index >= 15 is 0 Å². The zero-order valence-corrected chi connectivity index (χ0v) is 16.8. The summed E-state index contributed by atoms with van der Waals surface area (Å²) in [6.07, 6.45) is 2.36. The molecule has 0 bridgehead atoms. The number of hydroxylamine groups is 2. The van der Waals surface area contributed by atoms with Gasteiger partial charge in [-0.15, -0.1) is 0 Å². The maximum Gasteiger partial charge on any atom is 0.337 e. The second kappa shape index (κ2) is 12.6. The molecular formula is C20H29N3O6. The van der Waals surface area contributed by atoms with Gasteiger partial charge in [0.15, 0.2) is 5.78 Å². The van der Waals surface area contributed by atoms with Crippen molar-refractivity contribution in [1.29, 1.82) is 0 Å². The molecule has 2 atom stereocenters. The Balaban J connectivity index is 2.56. The molecule has 0 saturated heterocycles. The summed E-state index contributed by atoms with van der Waals surface area (Å²) in [5, 5.41) is 12.3. The van der Waals surface area contributed by atoms with Crippen molar-refractivity contribution in [3.8, 4) is 0 Å². The lowest BCUT2D eigenvalue weighted by Gasteiger charge is -2.19. The number of amides is 2. The number of methoxy groups -OCH3 is 1. The Hall–Kier alpha value is -2.78. The topological polar surface area (TPSA) is 139 Å². The minimum absolute atomic E-state index is 0.0118. The van der Waals surface area contributed by atoms with Crippen LogP contribution < -0.4 is 11.1 Å². The van der Waals surface area contributed by atoms with E-state index in [0.717, 1.165) is 12.8 Å². The molecule has 0 saturated carbocycles. The van der Waals surface area contributed by atoms with Gasteiger partial charge < -0.3 is 15.8 Å². The molecular weight excluding hydrogens is 378 g/mol. The van der Waals surface area contributed by atoms with Gasteiger partial charge in [0, 0.05) is 12.5 Å². The van der Waals surface area contributed by atoms with Crippen LogP contribution in [0.5, 0.6) is 0 Å². The molecule has 0 spiro atoms. The Bertz CT molecular complexity index is 692. The van der Waals surface area contributed by atoms with Crippen molar-refractivity contribution in [3.63, 3.8) is 0 Å². The Kier molecular flexibility index (Phi) is 10.6. The van der Waals surface area contributed by atoms with Gasteiger partial charge in [0.1, 0.15) is 0 Å². The van der Waals surface area contributed by atoms with Crippen LogP contribution in [0.15, 0.2) is 24.3 Å². The molecule has 0 aromatic heterocycles. The van der Waals surface area contributed by atoms with E-state index in [1.807, 2.05) is 6.92 Å². The van der Waals surface area contributed by atoms with Gasteiger partial charge in [0.05, 0.1) is 31.7 Å². The summed E-state index contributed by atoms with van der Waals surface area (Å²) in [5.41, 5.74) is 7.11. The smallest absolute Gasteiger partial charge is 0.337 e. The van der Waals surface area contributed by atoms with E-state index in [2.05, 4.69) is 10.1 Å². The third-order valence-electron chi connectivity index (χ3n) is 4.47. The van der Waals surface area contributed by atoms with Gasteiger partial charge in [-0.1, -0.05) is 31.9 Å². The summed E-state index contributed by atoms with van der Waals surface area (Å²) in [6, 6.07) is 5.86. The fraction of sp³-hybridized carbons (Fsp3) is 0.500. The van der Waals surface area contributed by atoms with Crippen molar-refractivity contribution in [2.45, 2.75) is 38.6 Å². The predicted molar refractivity (Wildman–Crippen MR) is 105 cm³/mol. The van der Waals surface area contributed by atoms with E-state index in [0.29, 0.717) is 22.6 Å². The molecule has 0 heterocycles. The van der Waals surface area contributed by atoms with Crippen LogP contribution in [-0.2, 0) is 19.1 Å². The number of unbranched alkanes of at least 4 members (excludes halogenated alkanes) is 1. The van der Waals surface area contributed by atoms with Crippen molar-refractivity contribution in [1.82, 2.24) is 10.4 Å². The number of hydrogen-bond donors (Lipinski definition) is 3. The van der Waals surface area contributed by atoms with Gasteiger partial charge in [-0.05, 0) is 24.1 Å². The summed E-state index contributed by atoms with van der Waals surface area (Å²) in [5.74, 6) is -1.72. The average Bonchev–Trinajstić information content (AvgIpc) is 2.74. The molecule has 1 aromatic carbocycles. The summed E-state index contributed by atoms with van der Waals surface area (Å²) in [4.78, 5) is 46.5. The third kappa shape index (κ3) is 8.41. The van der Waals surface area contributed by atoms with Gasteiger partial charge in [-0.2, -0.15) is 0 Å². The minimum Gasteiger partial charge on any atom is -0.465 e. The average molecular weight is 407 g/mol. The molecule has 160 valence electrons. The summed E-state index contributed by atoms with van der Waals surface area (Å²) in [6.45, 7) is 1.64. The molecule has 1 rings (SSSR count). The van der Waals surface area contributed by atoms with Crippen molar-refractivity contribution in [2.24, 2.45) is 11.7 Å². The Morgan fingerprint density at radius 2 is 1.93 bits per heavy atom. The van der Waals surface area contributed by atoms with Crippen molar-refractivity contribution in [3.05, 3.63) is 35.4 Å². The van der Waals surface area contributed by atoms with Crippen LogP contribution in [0.3, 0.4) is 0 Å². The Labute approximate surface area is 170 Å². The number of nitrogens with two attached hydrogens (primary N) is 1. The van der Waals surface area contributed by atoms with E-state index in [1.54, 1.807) is 24.3 Å². The van der Waals surface area contributed by atoms with Crippen molar-refractivity contribution < 1.29 is 29.1 Å². The van der Waals surface area contributed by atoms with Crippen LogP contribution in [0.25, 0.3) is 0 Å². The fourth-order valence-electron chi connectivity index (χ4n) is 2.77. The third-order valence-corrected chi connectivity index (χ3v) is 4.47.